The molecule has 2 saturated heterocycles. The molecule has 5 rings (SSSR count). The number of benzene rings is 2. The molecule has 2 aliphatic heterocycles. The molecule has 36 heavy (non-hydrogen) atoms. The number of rotatable bonds is 6. The summed E-state index contributed by atoms with van der Waals surface area (Å²) in [5.41, 5.74) is -0.637. The van der Waals surface area contributed by atoms with Crippen LogP contribution in [0.4, 0.5) is 13.2 Å². The van der Waals surface area contributed by atoms with Gasteiger partial charge in [0.05, 0.1) is 25.8 Å². The standard InChI is InChI=1S/C25H28B2F3NO5/c1-33-20-9-16(5-6-19(20)34-14-15-11-23(29,30)12-15)22(32)31-8-7-24(17-3-2-4-18(28)10-17)21(13-31)35-25(26,27)36-24/h2-6,9-10,15,21H,7-8,11-14,26-27H2,1H3/t21-,24-/m1/s1. The van der Waals surface area contributed by atoms with E-state index in [1.165, 1.54) is 19.2 Å². The van der Waals surface area contributed by atoms with Gasteiger partial charge in [-0.15, -0.1) is 0 Å². The Kier molecular flexibility index (Phi) is 6.27. The summed E-state index contributed by atoms with van der Waals surface area (Å²) in [6, 6.07) is 11.2. The third-order valence-electron chi connectivity index (χ3n) is 7.17. The molecular formula is C25H28B2F3NO5. The number of hydrogen-bond donors (Lipinski definition) is 0. The van der Waals surface area contributed by atoms with Gasteiger partial charge in [0.1, 0.15) is 17.5 Å². The topological polar surface area (TPSA) is 57.2 Å². The third-order valence-corrected chi connectivity index (χ3v) is 7.17. The fourth-order valence-electron chi connectivity index (χ4n) is 5.49. The molecular weight excluding hydrogens is 473 g/mol. The average Bonchev–Trinajstić information content (AvgIpc) is 3.11. The molecule has 2 heterocycles. The Morgan fingerprint density at radius 1 is 1.17 bits per heavy atom. The number of alkyl halides is 2. The number of piperidine rings is 1. The van der Waals surface area contributed by atoms with E-state index >= 15 is 0 Å². The van der Waals surface area contributed by atoms with Crippen molar-refractivity contribution in [3.63, 3.8) is 0 Å². The van der Waals surface area contributed by atoms with E-state index in [9.17, 15) is 18.0 Å². The minimum atomic E-state index is -2.60. The van der Waals surface area contributed by atoms with Crippen molar-refractivity contribution in [3.8, 4) is 11.5 Å². The van der Waals surface area contributed by atoms with Crippen LogP contribution in [0, 0.1) is 11.7 Å². The van der Waals surface area contributed by atoms with Crippen LogP contribution < -0.4 is 9.47 Å². The molecule has 0 radical (unpaired) electrons. The van der Waals surface area contributed by atoms with Crippen molar-refractivity contribution in [3.05, 3.63) is 59.4 Å². The minimum absolute atomic E-state index is 0.169. The highest BCUT2D eigenvalue weighted by Gasteiger charge is 2.56. The normalized spacial score (nSPS) is 26.7. The average molecular weight is 501 g/mol. The number of ether oxygens (including phenoxy) is 4. The van der Waals surface area contributed by atoms with Gasteiger partial charge in [-0.2, -0.15) is 0 Å². The number of methoxy groups -OCH3 is 1. The Balaban J connectivity index is 1.30. The number of halogens is 3. The van der Waals surface area contributed by atoms with Crippen LogP contribution in [0.25, 0.3) is 0 Å². The molecule has 3 aliphatic rings. The fourth-order valence-corrected chi connectivity index (χ4v) is 5.49. The Morgan fingerprint density at radius 3 is 2.64 bits per heavy atom. The predicted octanol–water partition coefficient (Wildman–Crippen LogP) is 2.29. The van der Waals surface area contributed by atoms with Crippen LogP contribution in [0.15, 0.2) is 42.5 Å². The minimum Gasteiger partial charge on any atom is -0.493 e. The molecule has 0 N–H and O–H groups in total. The van der Waals surface area contributed by atoms with Crippen LogP contribution in [0.2, 0.25) is 0 Å². The summed E-state index contributed by atoms with van der Waals surface area (Å²) in [6.45, 7) is 0.833. The quantitative estimate of drug-likeness (QED) is 0.570. The second kappa shape index (κ2) is 9.03. The molecule has 2 aromatic carbocycles. The highest BCUT2D eigenvalue weighted by atomic mass is 19.3. The van der Waals surface area contributed by atoms with E-state index < -0.39 is 23.2 Å². The lowest BCUT2D eigenvalue weighted by Crippen LogP contribution is -2.53. The van der Waals surface area contributed by atoms with Gasteiger partial charge in [-0.25, -0.2) is 13.2 Å². The summed E-state index contributed by atoms with van der Waals surface area (Å²) < 4.78 is 63.8. The number of carbonyl (C=O) groups is 1. The third kappa shape index (κ3) is 4.70. The molecule has 1 amide bonds. The van der Waals surface area contributed by atoms with Crippen LogP contribution in [0.3, 0.4) is 0 Å². The Morgan fingerprint density at radius 2 is 1.94 bits per heavy atom. The van der Waals surface area contributed by atoms with Crippen molar-refractivity contribution in [1.29, 1.82) is 0 Å². The number of fused-ring (bicyclic) bond motifs is 1. The largest absolute Gasteiger partial charge is 0.493 e. The summed E-state index contributed by atoms with van der Waals surface area (Å²) in [5, 5.41) is 0. The summed E-state index contributed by atoms with van der Waals surface area (Å²) in [6.07, 6.45) is -0.388. The first kappa shape index (κ1) is 25.0. The van der Waals surface area contributed by atoms with E-state index in [0.717, 1.165) is 0 Å². The molecule has 0 unspecified atom stereocenters. The molecule has 6 nitrogen and oxygen atoms in total. The second-order valence-electron chi connectivity index (χ2n) is 10.3. The van der Waals surface area contributed by atoms with Gasteiger partial charge in [-0.1, -0.05) is 12.1 Å². The van der Waals surface area contributed by atoms with Gasteiger partial charge < -0.3 is 23.8 Å². The molecule has 0 aromatic heterocycles. The Labute approximate surface area is 209 Å². The first-order valence-electron chi connectivity index (χ1n) is 12.1. The number of likely N-dealkylation sites (tertiary alicyclic amines) is 1. The molecule has 0 spiro atoms. The summed E-state index contributed by atoms with van der Waals surface area (Å²) >= 11 is 0. The maximum Gasteiger partial charge on any atom is 0.254 e. The van der Waals surface area contributed by atoms with Crippen LogP contribution in [0.1, 0.15) is 35.2 Å². The predicted molar refractivity (Wildman–Crippen MR) is 131 cm³/mol. The zero-order valence-electron chi connectivity index (χ0n) is 20.6. The maximum atomic E-state index is 14.0. The second-order valence-corrected chi connectivity index (χ2v) is 10.3. The van der Waals surface area contributed by atoms with E-state index in [4.69, 9.17) is 18.9 Å². The van der Waals surface area contributed by atoms with Gasteiger partial charge in [0, 0.05) is 37.3 Å². The van der Waals surface area contributed by atoms with Crippen LogP contribution in [0.5, 0.6) is 11.5 Å². The number of hydrogen-bond acceptors (Lipinski definition) is 5. The van der Waals surface area contributed by atoms with Crippen molar-refractivity contribution in [2.75, 3.05) is 26.8 Å². The summed E-state index contributed by atoms with van der Waals surface area (Å²) in [4.78, 5) is 15.1. The number of carbonyl (C=O) groups excluding carboxylic acids is 1. The number of amides is 1. The van der Waals surface area contributed by atoms with E-state index in [1.807, 2.05) is 21.8 Å². The van der Waals surface area contributed by atoms with Crippen LogP contribution in [-0.4, -0.2) is 70.9 Å². The van der Waals surface area contributed by atoms with E-state index in [1.54, 1.807) is 29.2 Å². The molecule has 1 saturated carbocycles. The van der Waals surface area contributed by atoms with E-state index in [-0.39, 0.29) is 43.6 Å². The molecule has 3 fully saturated rings. The lowest BCUT2D eigenvalue weighted by Gasteiger charge is -2.42. The van der Waals surface area contributed by atoms with Crippen molar-refractivity contribution < 1.29 is 36.9 Å². The maximum absolute atomic E-state index is 14.0. The summed E-state index contributed by atoms with van der Waals surface area (Å²) in [7, 11) is 5.09. The fraction of sp³-hybridized carbons (Fsp3) is 0.480. The molecule has 2 aromatic rings. The first-order chi connectivity index (χ1) is 17.0. The van der Waals surface area contributed by atoms with Crippen molar-refractivity contribution in [1.82, 2.24) is 4.90 Å². The zero-order chi connectivity index (χ0) is 25.7. The highest BCUT2D eigenvalue weighted by molar-refractivity contribution is 6.38. The number of nitrogens with zero attached hydrogens (tertiary/aromatic N) is 1. The first-order valence-corrected chi connectivity index (χ1v) is 12.1. The van der Waals surface area contributed by atoms with E-state index in [2.05, 4.69) is 0 Å². The molecule has 1 aliphatic carbocycles. The van der Waals surface area contributed by atoms with Gasteiger partial charge in [0.15, 0.2) is 27.2 Å². The van der Waals surface area contributed by atoms with Gasteiger partial charge in [0.2, 0.25) is 5.92 Å². The van der Waals surface area contributed by atoms with Crippen LogP contribution in [-0.2, 0) is 15.1 Å². The molecule has 0 bridgehead atoms. The zero-order valence-corrected chi connectivity index (χ0v) is 20.6. The van der Waals surface area contributed by atoms with Crippen LogP contribution >= 0.6 is 0 Å². The lowest BCUT2D eigenvalue weighted by molar-refractivity contribution is -0.119. The molecule has 11 heteroatoms. The molecule has 190 valence electrons. The Bertz CT molecular complexity index is 1160. The van der Waals surface area contributed by atoms with E-state index in [0.29, 0.717) is 35.6 Å². The van der Waals surface area contributed by atoms with Crippen molar-refractivity contribution in [2.45, 2.75) is 42.5 Å². The van der Waals surface area contributed by atoms with Gasteiger partial charge >= 0.3 is 0 Å². The highest BCUT2D eigenvalue weighted by Crippen LogP contribution is 2.47. The van der Waals surface area contributed by atoms with Crippen molar-refractivity contribution >= 4 is 21.6 Å². The van der Waals surface area contributed by atoms with Gasteiger partial charge in [-0.3, -0.25) is 4.79 Å². The summed E-state index contributed by atoms with van der Waals surface area (Å²) in [5.74, 6) is -2.59. The smallest absolute Gasteiger partial charge is 0.254 e. The van der Waals surface area contributed by atoms with Crippen molar-refractivity contribution in [2.24, 2.45) is 5.92 Å². The monoisotopic (exact) mass is 501 g/mol. The molecule has 2 atom stereocenters. The lowest BCUT2D eigenvalue weighted by atomic mass is 9.76. The van der Waals surface area contributed by atoms with Gasteiger partial charge in [-0.05, 0) is 35.9 Å². The Hall–Kier alpha value is -2.65. The van der Waals surface area contributed by atoms with Gasteiger partial charge in [0.25, 0.3) is 5.91 Å². The SMILES string of the molecule is BC1(B)O[C@@H]2CN(C(=O)c3ccc(OCC4CC(F)(F)C4)c(OC)c3)CC[C@]2(c2cccc(F)c2)O1.